The van der Waals surface area contributed by atoms with Crippen molar-refractivity contribution >= 4 is 78.4 Å². The van der Waals surface area contributed by atoms with Crippen LogP contribution in [0.2, 0.25) is 0 Å². The maximum atomic E-state index is 13.2. The first kappa shape index (κ1) is 57.9. The molecule has 10 aromatic rings. The van der Waals surface area contributed by atoms with E-state index in [0.717, 1.165) is 21.9 Å². The molecular weight excluding hydrogens is 1030 g/mol. The SMILES string of the molecule is C.CC(C)(O)CN.CC(C)(O)CNC(=O)Cn1nc(C(=O)Nc2ccc(-c3n[nH]c(=O)c4ccccc34)cc2)c2ccccc21.O=C(O)Cn1nc(C(=O)Nc2ccc(-c3n[nH]c(=O)c4ccccc34)cc2)c2ccccc21.[2H]CF. The van der Waals surface area contributed by atoms with Crippen LogP contribution in [-0.2, 0) is 22.7 Å². The first-order valence-corrected chi connectivity index (χ1v) is 24.4. The first-order valence-electron chi connectivity index (χ1n) is 25.1. The lowest BCUT2D eigenvalue weighted by molar-refractivity contribution is -0.137. The number of anilines is 2. The van der Waals surface area contributed by atoms with E-state index in [2.05, 4.69) is 46.5 Å². The fourth-order valence-electron chi connectivity index (χ4n) is 7.94. The number of aliphatic carboxylic acids is 1. The van der Waals surface area contributed by atoms with Crippen LogP contribution in [0.15, 0.2) is 155 Å². The minimum atomic E-state index is -1.05. The molecule has 3 amide bonds. The van der Waals surface area contributed by atoms with Crippen LogP contribution in [0, 0.1) is 0 Å². The van der Waals surface area contributed by atoms with Crippen LogP contribution >= 0.6 is 0 Å². The van der Waals surface area contributed by atoms with Gasteiger partial charge in [-0.2, -0.15) is 20.4 Å². The number of fused-ring (bicyclic) bond motifs is 4. The quantitative estimate of drug-likeness (QED) is 0.0548. The highest BCUT2D eigenvalue weighted by Gasteiger charge is 2.22. The number of amides is 3. The fourth-order valence-corrected chi connectivity index (χ4v) is 7.94. The molecule has 22 heteroatoms. The van der Waals surface area contributed by atoms with Gasteiger partial charge in [0.2, 0.25) is 5.91 Å². The molecule has 414 valence electrons. The Labute approximate surface area is 458 Å². The van der Waals surface area contributed by atoms with Gasteiger partial charge in [-0.3, -0.25) is 42.5 Å². The number of H-pyrrole nitrogens is 2. The zero-order chi connectivity index (χ0) is 57.7. The van der Waals surface area contributed by atoms with Crippen molar-refractivity contribution in [2.75, 3.05) is 30.9 Å². The fraction of sp³-hybridized carbons (Fsp3) is 0.207. The van der Waals surface area contributed by atoms with E-state index in [1.165, 1.54) is 9.36 Å². The number of aromatic nitrogens is 8. The van der Waals surface area contributed by atoms with Crippen LogP contribution in [0.1, 0.15) is 57.5 Å². The minimum Gasteiger partial charge on any atom is -0.480 e. The lowest BCUT2D eigenvalue weighted by Gasteiger charge is -2.17. The van der Waals surface area contributed by atoms with E-state index >= 15 is 0 Å². The molecule has 6 aromatic carbocycles. The maximum Gasteiger partial charge on any atom is 0.325 e. The molecule has 0 spiro atoms. The Bertz CT molecular complexity index is 3960. The second-order valence-corrected chi connectivity index (χ2v) is 19.0. The number of para-hydroxylation sites is 2. The summed E-state index contributed by atoms with van der Waals surface area (Å²) < 4.78 is 18.3. The van der Waals surface area contributed by atoms with E-state index in [9.17, 15) is 38.3 Å². The molecule has 0 aliphatic heterocycles. The van der Waals surface area contributed by atoms with Crippen LogP contribution in [0.25, 0.3) is 65.9 Å². The van der Waals surface area contributed by atoms with Gasteiger partial charge < -0.3 is 37.0 Å². The maximum absolute atomic E-state index is 13.2. The summed E-state index contributed by atoms with van der Waals surface area (Å²) in [5, 5.41) is 61.8. The van der Waals surface area contributed by atoms with E-state index in [1.54, 1.807) is 131 Å². The normalized spacial score (nSPS) is 11.2. The third kappa shape index (κ3) is 14.6. The average molecular weight is 1090 g/mol. The number of hydrogen-bond acceptors (Lipinski definition) is 13. The smallest absolute Gasteiger partial charge is 0.325 e. The number of nitrogens with two attached hydrogens (primary N) is 1. The van der Waals surface area contributed by atoms with Crippen LogP contribution in [0.4, 0.5) is 15.8 Å². The number of benzene rings is 6. The molecule has 0 bridgehead atoms. The number of nitrogens with one attached hydrogen (secondary N) is 5. The first-order chi connectivity index (χ1) is 38.2. The Hall–Kier alpha value is -9.77. The largest absolute Gasteiger partial charge is 0.480 e. The van der Waals surface area contributed by atoms with E-state index in [1.807, 2.05) is 42.5 Å². The number of hydrogen-bond donors (Lipinski definition) is 9. The molecule has 4 heterocycles. The molecule has 0 unspecified atom stereocenters. The second-order valence-electron chi connectivity index (χ2n) is 19.0. The van der Waals surface area contributed by atoms with Gasteiger partial charge in [0, 0.05) is 57.1 Å². The van der Waals surface area contributed by atoms with Crippen LogP contribution in [-0.4, -0.2) is 110 Å². The van der Waals surface area contributed by atoms with E-state index in [-0.39, 0.29) is 55.5 Å². The molecule has 0 saturated carbocycles. The van der Waals surface area contributed by atoms with E-state index in [4.69, 9.17) is 17.3 Å². The molecule has 4 aromatic heterocycles. The highest BCUT2D eigenvalue weighted by atomic mass is 19.1. The molecule has 0 radical (unpaired) electrons. The number of aliphatic hydroxyl groups is 2. The van der Waals surface area contributed by atoms with Crippen molar-refractivity contribution in [1.82, 2.24) is 45.3 Å². The van der Waals surface area contributed by atoms with Gasteiger partial charge in [-0.05, 0) is 76.2 Å². The number of nitrogens with zero attached hydrogens (tertiary/aromatic N) is 6. The summed E-state index contributed by atoms with van der Waals surface area (Å²) in [6.45, 7) is 6.53. The van der Waals surface area contributed by atoms with E-state index in [0.29, 0.717) is 61.9 Å². The number of carbonyl (C=O) groups is 4. The summed E-state index contributed by atoms with van der Waals surface area (Å²) in [6.07, 6.45) is 0. The lowest BCUT2D eigenvalue weighted by atomic mass is 10.0. The van der Waals surface area contributed by atoms with Crippen molar-refractivity contribution in [3.05, 3.63) is 178 Å². The van der Waals surface area contributed by atoms with Crippen LogP contribution in [0.5, 0.6) is 0 Å². The third-order valence-electron chi connectivity index (χ3n) is 11.8. The van der Waals surface area contributed by atoms with Crippen molar-refractivity contribution in [2.24, 2.45) is 5.73 Å². The number of carboxylic acid groups (broad SMARTS) is 1. The molecule has 0 aliphatic rings. The molecule has 80 heavy (non-hydrogen) atoms. The van der Waals surface area contributed by atoms with Gasteiger partial charge in [-0.15, -0.1) is 0 Å². The molecular formula is C58H61FN12O9. The van der Waals surface area contributed by atoms with Gasteiger partial charge in [0.05, 0.1) is 52.9 Å². The van der Waals surface area contributed by atoms with Gasteiger partial charge in [0.15, 0.2) is 11.4 Å². The predicted octanol–water partition coefficient (Wildman–Crippen LogP) is 7.29. The predicted molar refractivity (Wildman–Crippen MR) is 307 cm³/mol. The van der Waals surface area contributed by atoms with Crippen molar-refractivity contribution in [3.8, 4) is 22.5 Å². The minimum absolute atomic E-state index is 0. The Kier molecular flexibility index (Phi) is 18.9. The molecule has 10 N–H and O–H groups in total. The third-order valence-corrected chi connectivity index (χ3v) is 11.8. The molecule has 0 fully saturated rings. The van der Waals surface area contributed by atoms with Crippen molar-refractivity contribution < 1.29 is 40.3 Å². The number of alkyl halides is 1. The summed E-state index contributed by atoms with van der Waals surface area (Å²) in [7, 11) is -1.00. The van der Waals surface area contributed by atoms with Crippen molar-refractivity contribution in [2.45, 2.75) is 59.4 Å². The Morgan fingerprint density at radius 3 is 1.30 bits per heavy atom. The van der Waals surface area contributed by atoms with Gasteiger partial charge in [0.1, 0.15) is 13.1 Å². The van der Waals surface area contributed by atoms with Crippen LogP contribution < -0.4 is 32.8 Å². The molecule has 21 nitrogen and oxygen atoms in total. The summed E-state index contributed by atoms with van der Waals surface area (Å²) >= 11 is 0. The zero-order valence-corrected chi connectivity index (χ0v) is 43.3. The lowest BCUT2D eigenvalue weighted by Crippen LogP contribution is -2.39. The van der Waals surface area contributed by atoms with Gasteiger partial charge in [-0.25, -0.2) is 10.2 Å². The number of carboxylic acids is 1. The monoisotopic (exact) mass is 1090 g/mol. The highest BCUT2D eigenvalue weighted by Crippen LogP contribution is 2.28. The average Bonchev–Trinajstić information content (AvgIpc) is 4.26. The summed E-state index contributed by atoms with van der Waals surface area (Å²) in [4.78, 5) is 73.8. The molecule has 10 rings (SSSR count). The second kappa shape index (κ2) is 26.0. The van der Waals surface area contributed by atoms with Gasteiger partial charge in [-0.1, -0.05) is 104 Å². The van der Waals surface area contributed by atoms with E-state index < -0.39 is 36.1 Å². The number of halogens is 1. The molecule has 0 saturated heterocycles. The molecule has 0 aliphatic carbocycles. The van der Waals surface area contributed by atoms with Crippen molar-refractivity contribution in [1.29, 1.82) is 0 Å². The van der Waals surface area contributed by atoms with Crippen LogP contribution in [0.3, 0.4) is 0 Å². The Balaban J connectivity index is 0.000000226. The van der Waals surface area contributed by atoms with Gasteiger partial charge >= 0.3 is 5.97 Å². The van der Waals surface area contributed by atoms with Gasteiger partial charge in [0.25, 0.3) is 22.9 Å². The topological polar surface area (TPSA) is 318 Å². The summed E-state index contributed by atoms with van der Waals surface area (Å²) in [6, 6.07) is 42.8. The zero-order valence-electron chi connectivity index (χ0n) is 44.3. The Morgan fingerprint density at radius 2 is 0.938 bits per heavy atom. The Morgan fingerprint density at radius 1 is 0.588 bits per heavy atom. The standard InChI is InChI=1S/C28H26N6O4.C24H17N5O4.C4H11NO.CH3F.CH4/c1-28(2,38)16-29-23(35)15-34-22-10-6-5-9-21(22)25(33-34)27(37)30-18-13-11-17(12-14-18)24-19-7-3-4-8-20(19)26(36)32-31-24;30-20(31)13-29-19-8-4-3-7-18(19)22(28-29)24(33)25-15-11-9-14(10-12-15)21-16-5-1-2-6-17(16)23(32)27-26-21;1-4(2,6)3-5;1-2;/h3-14,38H,15-16H2,1-2H3,(H,29,35)(H,30,37)(H,32,36);1-12H,13H2,(H,25,33)(H,27,32)(H,30,31);6H,3,5H2,1-2H3;1H3;1H4/i;;;1D;. The number of carbonyl (C=O) groups excluding carboxylic acids is 3. The number of rotatable bonds is 13. The number of aromatic amines is 2. The highest BCUT2D eigenvalue weighted by molar-refractivity contribution is 6.12. The summed E-state index contributed by atoms with van der Waals surface area (Å²) in [5.41, 5.74) is 8.26. The van der Waals surface area contributed by atoms with Crippen molar-refractivity contribution in [3.63, 3.8) is 0 Å². The molecule has 0 atom stereocenters. The summed E-state index contributed by atoms with van der Waals surface area (Å²) in [5.74, 6) is -2.24.